The second kappa shape index (κ2) is 19.2. The van der Waals surface area contributed by atoms with Gasteiger partial charge in [0.25, 0.3) is 0 Å². The molecule has 0 radical (unpaired) electrons. The Morgan fingerprint density at radius 1 is 1.06 bits per heavy atom. The molecule has 2 bridgehead atoms. The number of aromatic nitrogens is 1. The number of likely N-dealkylation sites (tertiary alicyclic amines) is 1. The molecule has 7 atom stereocenters. The van der Waals surface area contributed by atoms with E-state index in [1.807, 2.05) is 42.6 Å². The number of halogens is 1. The third-order valence-electron chi connectivity index (χ3n) is 11.2. The number of phenols is 1. The summed E-state index contributed by atoms with van der Waals surface area (Å²) >= 11 is 5.97. The summed E-state index contributed by atoms with van der Waals surface area (Å²) in [5, 5.41) is 32.8. The van der Waals surface area contributed by atoms with E-state index in [4.69, 9.17) is 26.2 Å². The Morgan fingerprint density at radius 3 is 2.50 bits per heavy atom. The Hall–Kier alpha value is -2.32. The van der Waals surface area contributed by atoms with Gasteiger partial charge >= 0.3 is 51.4 Å². The van der Waals surface area contributed by atoms with Gasteiger partial charge in [0.2, 0.25) is 0 Å². The SMILES string of the molecule is CN(C)CCC(c1ccc(Cl)cc1)c1ccccn1.CNC[C@H](O)c1cccc(O)c1.COc1ccc2c3c1O[C@H]1[C@@H](O)C=C[C@H]4[C@@H](C2)N(C)CC[C@@]341.[KH]. The number of benzene rings is 3. The van der Waals surface area contributed by atoms with Crippen molar-refractivity contribution < 1.29 is 24.8 Å². The third-order valence-corrected chi connectivity index (χ3v) is 11.4. The predicted octanol–water partition coefficient (Wildman–Crippen LogP) is 5.32. The van der Waals surface area contributed by atoms with Gasteiger partial charge in [-0.25, -0.2) is 0 Å². The van der Waals surface area contributed by atoms with Crippen LogP contribution in [0.4, 0.5) is 0 Å². The molecular formula is C43H54ClKN4O5. The molecule has 54 heavy (non-hydrogen) atoms. The van der Waals surface area contributed by atoms with Crippen molar-refractivity contribution in [1.82, 2.24) is 20.1 Å². The molecule has 3 aromatic carbocycles. The molecule has 3 heterocycles. The molecule has 1 saturated heterocycles. The zero-order chi connectivity index (χ0) is 37.7. The van der Waals surface area contributed by atoms with E-state index in [2.05, 4.69) is 71.6 Å². The van der Waals surface area contributed by atoms with Crippen LogP contribution in [0.15, 0.2) is 97.2 Å². The fourth-order valence-corrected chi connectivity index (χ4v) is 8.71. The van der Waals surface area contributed by atoms with Crippen molar-refractivity contribution in [3.8, 4) is 17.2 Å². The average molecular weight is 781 g/mol. The number of methoxy groups -OCH3 is 1. The van der Waals surface area contributed by atoms with E-state index in [0.717, 1.165) is 60.1 Å². The first-order valence-corrected chi connectivity index (χ1v) is 18.8. The van der Waals surface area contributed by atoms with E-state index in [1.54, 1.807) is 38.4 Å². The number of aliphatic hydroxyl groups is 2. The van der Waals surface area contributed by atoms with Gasteiger partial charge in [-0.1, -0.05) is 60.2 Å². The van der Waals surface area contributed by atoms with Crippen LogP contribution in [0, 0.1) is 5.92 Å². The molecule has 0 amide bonds. The zero-order valence-corrected chi connectivity index (χ0v) is 32.1. The van der Waals surface area contributed by atoms with Gasteiger partial charge in [-0.3, -0.25) is 4.98 Å². The van der Waals surface area contributed by atoms with Crippen LogP contribution >= 0.6 is 11.6 Å². The number of aliphatic hydroxyl groups excluding tert-OH is 2. The molecule has 8 rings (SSSR count). The number of phenolic OH excluding ortho intramolecular Hbond substituents is 1. The molecule has 1 unspecified atom stereocenters. The van der Waals surface area contributed by atoms with E-state index in [9.17, 15) is 10.2 Å². The molecule has 4 aliphatic rings. The summed E-state index contributed by atoms with van der Waals surface area (Å²) < 4.78 is 11.8. The molecule has 1 aromatic heterocycles. The van der Waals surface area contributed by atoms with Crippen molar-refractivity contribution >= 4 is 63.0 Å². The van der Waals surface area contributed by atoms with Crippen molar-refractivity contribution in [1.29, 1.82) is 0 Å². The van der Waals surface area contributed by atoms with Crippen LogP contribution in [-0.2, 0) is 11.8 Å². The topological polar surface area (TPSA) is 111 Å². The molecule has 284 valence electrons. The van der Waals surface area contributed by atoms with Gasteiger partial charge in [0.15, 0.2) is 11.5 Å². The maximum atomic E-state index is 10.6. The first-order chi connectivity index (χ1) is 25.6. The summed E-state index contributed by atoms with van der Waals surface area (Å²) in [6, 6.07) is 25.5. The molecule has 4 N–H and O–H groups in total. The Labute approximate surface area is 367 Å². The molecule has 0 saturated carbocycles. The number of pyridine rings is 1. The van der Waals surface area contributed by atoms with E-state index in [0.29, 0.717) is 24.4 Å². The minimum absolute atomic E-state index is 0. The number of nitrogens with zero attached hydrogens (tertiary/aromatic N) is 3. The van der Waals surface area contributed by atoms with Crippen molar-refractivity contribution in [3.63, 3.8) is 0 Å². The molecule has 1 fully saturated rings. The van der Waals surface area contributed by atoms with E-state index >= 15 is 0 Å². The van der Waals surface area contributed by atoms with Crippen LogP contribution in [0.25, 0.3) is 0 Å². The molecule has 2 aliphatic carbocycles. The monoisotopic (exact) mass is 780 g/mol. The van der Waals surface area contributed by atoms with Crippen LogP contribution < -0.4 is 14.8 Å². The molecular weight excluding hydrogens is 727 g/mol. The number of aromatic hydroxyl groups is 1. The maximum absolute atomic E-state index is 10.6. The summed E-state index contributed by atoms with van der Waals surface area (Å²) in [4.78, 5) is 9.18. The van der Waals surface area contributed by atoms with Crippen LogP contribution in [0.3, 0.4) is 0 Å². The Balaban J connectivity index is 0.000000161. The summed E-state index contributed by atoms with van der Waals surface area (Å²) in [6.45, 7) is 2.57. The van der Waals surface area contributed by atoms with Gasteiger partial charge in [0.1, 0.15) is 18.0 Å². The second-order valence-corrected chi connectivity index (χ2v) is 15.2. The van der Waals surface area contributed by atoms with Crippen molar-refractivity contribution in [2.75, 3.05) is 54.9 Å². The Bertz CT molecular complexity index is 1850. The van der Waals surface area contributed by atoms with E-state index in [1.165, 1.54) is 16.7 Å². The van der Waals surface area contributed by atoms with E-state index < -0.39 is 12.2 Å². The van der Waals surface area contributed by atoms with Gasteiger partial charge in [-0.15, -0.1) is 0 Å². The van der Waals surface area contributed by atoms with Gasteiger partial charge in [0.05, 0.1) is 13.2 Å². The molecule has 11 heteroatoms. The minimum atomic E-state index is -0.554. The standard InChI is InChI=1S/C18H21NO3.C16H19ClN2.C9H13NO2.K.H/c1-19-8-7-18-11-4-5-13(20)17(18)22-16-14(21-2)6-3-10(15(16)18)9-12(11)19;1-19(2)12-10-15(16-5-3-4-11-18-16)13-6-8-14(17)9-7-13;1-10-6-9(12)7-3-2-4-8(11)5-7;;/h3-6,11-13,17,20H,7-9H2,1-2H3;3-9,11,15H,10,12H2,1-2H3;2-5,9-12H,6H2,1H3;;/t11-,12+,13-,17-,18-;;9-;;/m0.0../s1. The normalized spacial score (nSPS) is 24.0. The summed E-state index contributed by atoms with van der Waals surface area (Å²) in [5.74, 6) is 2.59. The van der Waals surface area contributed by atoms with Crippen molar-refractivity contribution in [3.05, 3.63) is 130 Å². The number of likely N-dealkylation sites (N-methyl/N-ethyl adjacent to an activating group) is 2. The van der Waals surface area contributed by atoms with Gasteiger partial charge in [0, 0.05) is 52.3 Å². The fraction of sp³-hybridized carbons (Fsp3) is 0.419. The number of piperidine rings is 1. The number of rotatable bonds is 9. The zero-order valence-electron chi connectivity index (χ0n) is 31.3. The average Bonchev–Trinajstić information content (AvgIpc) is 3.52. The molecule has 4 aromatic rings. The first kappa shape index (κ1) is 42.8. The quantitative estimate of drug-likeness (QED) is 0.133. The van der Waals surface area contributed by atoms with Crippen LogP contribution in [0.1, 0.15) is 52.8 Å². The van der Waals surface area contributed by atoms with Crippen molar-refractivity contribution in [2.45, 2.75) is 54.9 Å². The number of hydrogen-bond donors (Lipinski definition) is 4. The van der Waals surface area contributed by atoms with Crippen molar-refractivity contribution in [2.24, 2.45) is 5.92 Å². The molecule has 9 nitrogen and oxygen atoms in total. The summed E-state index contributed by atoms with van der Waals surface area (Å²) in [7, 11) is 9.87. The summed E-state index contributed by atoms with van der Waals surface area (Å²) in [6.07, 6.45) is 7.88. The summed E-state index contributed by atoms with van der Waals surface area (Å²) in [5.41, 5.74) is 5.71. The van der Waals surface area contributed by atoms with Gasteiger partial charge in [-0.2, -0.15) is 0 Å². The fourth-order valence-electron chi connectivity index (χ4n) is 8.58. The predicted molar refractivity (Wildman–Crippen MR) is 217 cm³/mol. The number of ether oxygens (including phenoxy) is 2. The molecule has 2 aliphatic heterocycles. The van der Waals surface area contributed by atoms with E-state index in [-0.39, 0.29) is 68.7 Å². The van der Waals surface area contributed by atoms with Crippen LogP contribution in [0.2, 0.25) is 5.02 Å². The number of hydrogen-bond acceptors (Lipinski definition) is 9. The second-order valence-electron chi connectivity index (χ2n) is 14.7. The Kier molecular flexibility index (Phi) is 15.2. The van der Waals surface area contributed by atoms with Gasteiger partial charge < -0.3 is 39.9 Å². The first-order valence-electron chi connectivity index (χ1n) is 18.4. The Morgan fingerprint density at radius 2 is 1.83 bits per heavy atom. The number of nitrogens with one attached hydrogen (secondary N) is 1. The van der Waals surface area contributed by atoms with Crippen LogP contribution in [0.5, 0.6) is 17.2 Å². The third kappa shape index (κ3) is 9.11. The van der Waals surface area contributed by atoms with Gasteiger partial charge in [-0.05, 0) is 120 Å². The van der Waals surface area contributed by atoms with Crippen LogP contribution in [-0.4, -0.2) is 155 Å². The molecule has 1 spiro atoms.